The van der Waals surface area contributed by atoms with Gasteiger partial charge in [0.25, 0.3) is 0 Å². The Kier molecular flexibility index (Phi) is 3.88. The predicted molar refractivity (Wildman–Crippen MR) is 69.3 cm³/mol. The van der Waals surface area contributed by atoms with E-state index < -0.39 is 6.10 Å². The molecule has 1 saturated heterocycles. The Morgan fingerprint density at radius 1 is 1.44 bits per heavy atom. The number of aliphatic hydroxyl groups excluding tert-OH is 1. The minimum absolute atomic E-state index is 0.146. The largest absolute Gasteiger partial charge is 0.389 e. The van der Waals surface area contributed by atoms with Crippen LogP contribution in [0.1, 0.15) is 32.4 Å². The zero-order valence-corrected chi connectivity index (χ0v) is 11.1. The van der Waals surface area contributed by atoms with Crippen LogP contribution in [0.5, 0.6) is 0 Å². The van der Waals surface area contributed by atoms with Crippen molar-refractivity contribution >= 4 is 5.69 Å². The molecule has 3 nitrogen and oxygen atoms in total. The Hall–Kier alpha value is -1.13. The van der Waals surface area contributed by atoms with Gasteiger partial charge in [0.05, 0.1) is 18.8 Å². The lowest BCUT2D eigenvalue weighted by atomic mass is 10.0. The lowest BCUT2D eigenvalue weighted by molar-refractivity contribution is 0.0341. The first kappa shape index (κ1) is 13.3. The molecular weight excluding hydrogens is 233 g/mol. The first-order valence-corrected chi connectivity index (χ1v) is 6.34. The summed E-state index contributed by atoms with van der Waals surface area (Å²) >= 11 is 0. The Bertz CT molecular complexity index is 422. The highest BCUT2D eigenvalue weighted by molar-refractivity contribution is 5.56. The molecular formula is C14H20FNO2. The molecule has 0 radical (unpaired) electrons. The fourth-order valence-corrected chi connectivity index (χ4v) is 2.36. The van der Waals surface area contributed by atoms with Gasteiger partial charge in [-0.25, -0.2) is 4.39 Å². The van der Waals surface area contributed by atoms with Gasteiger partial charge in [0.15, 0.2) is 0 Å². The van der Waals surface area contributed by atoms with E-state index in [2.05, 4.69) is 11.8 Å². The molecule has 1 aromatic rings. The van der Waals surface area contributed by atoms with E-state index in [0.29, 0.717) is 12.2 Å². The van der Waals surface area contributed by atoms with E-state index in [0.717, 1.165) is 12.2 Å². The molecule has 100 valence electrons. The van der Waals surface area contributed by atoms with Gasteiger partial charge in [-0.05, 0) is 39.0 Å². The van der Waals surface area contributed by atoms with Crippen LogP contribution in [0.25, 0.3) is 0 Å². The predicted octanol–water partition coefficient (Wildman–Crippen LogP) is 2.49. The van der Waals surface area contributed by atoms with Gasteiger partial charge in [0.2, 0.25) is 0 Å². The molecule has 2 unspecified atom stereocenters. The zero-order valence-electron chi connectivity index (χ0n) is 11.1. The number of rotatable bonds is 2. The topological polar surface area (TPSA) is 32.7 Å². The second-order valence-electron chi connectivity index (χ2n) is 5.02. The van der Waals surface area contributed by atoms with Crippen molar-refractivity contribution in [1.82, 2.24) is 0 Å². The number of anilines is 1. The van der Waals surface area contributed by atoms with Crippen molar-refractivity contribution in [3.8, 4) is 0 Å². The van der Waals surface area contributed by atoms with E-state index in [1.165, 1.54) is 12.1 Å². The van der Waals surface area contributed by atoms with Gasteiger partial charge in [-0.15, -0.1) is 0 Å². The summed E-state index contributed by atoms with van der Waals surface area (Å²) in [5.41, 5.74) is 1.53. The molecule has 2 rings (SSSR count). The maximum Gasteiger partial charge on any atom is 0.123 e. The SMILES string of the molecule is CC1CN(c2ccc(F)cc2[C@H](C)O)C(C)CO1. The zero-order chi connectivity index (χ0) is 13.3. The summed E-state index contributed by atoms with van der Waals surface area (Å²) in [5.74, 6) is -0.316. The van der Waals surface area contributed by atoms with Crippen LogP contribution in [0.3, 0.4) is 0 Å². The normalized spacial score (nSPS) is 26.2. The van der Waals surface area contributed by atoms with E-state index in [-0.39, 0.29) is 18.0 Å². The molecule has 1 aromatic carbocycles. The minimum Gasteiger partial charge on any atom is -0.389 e. The van der Waals surface area contributed by atoms with Gasteiger partial charge in [0, 0.05) is 23.8 Å². The third-order valence-corrected chi connectivity index (χ3v) is 3.36. The molecule has 3 atom stereocenters. The van der Waals surface area contributed by atoms with Crippen LogP contribution >= 0.6 is 0 Å². The highest BCUT2D eigenvalue weighted by Gasteiger charge is 2.26. The number of morpholine rings is 1. The summed E-state index contributed by atoms with van der Waals surface area (Å²) in [5, 5.41) is 9.79. The summed E-state index contributed by atoms with van der Waals surface area (Å²) in [6, 6.07) is 4.82. The maximum atomic E-state index is 13.3. The second-order valence-corrected chi connectivity index (χ2v) is 5.02. The van der Waals surface area contributed by atoms with Crippen molar-refractivity contribution in [2.24, 2.45) is 0 Å². The molecule has 0 aliphatic carbocycles. The molecule has 0 spiro atoms. The third kappa shape index (κ3) is 2.65. The summed E-state index contributed by atoms with van der Waals surface area (Å²) in [7, 11) is 0. The fourth-order valence-electron chi connectivity index (χ4n) is 2.36. The maximum absolute atomic E-state index is 13.3. The Balaban J connectivity index is 2.36. The van der Waals surface area contributed by atoms with Gasteiger partial charge in [-0.1, -0.05) is 0 Å². The van der Waals surface area contributed by atoms with E-state index >= 15 is 0 Å². The number of ether oxygens (including phenoxy) is 1. The average molecular weight is 253 g/mol. The molecule has 1 N–H and O–H groups in total. The third-order valence-electron chi connectivity index (χ3n) is 3.36. The van der Waals surface area contributed by atoms with Crippen LogP contribution in [0.4, 0.5) is 10.1 Å². The standard InChI is InChI=1S/C14H20FNO2/c1-9-8-18-10(2)7-16(9)14-5-4-12(15)6-13(14)11(3)17/h4-6,9-11,17H,7-8H2,1-3H3/t9?,10?,11-/m0/s1. The number of aliphatic hydroxyl groups is 1. The van der Waals surface area contributed by atoms with E-state index in [4.69, 9.17) is 4.74 Å². The van der Waals surface area contributed by atoms with Gasteiger partial charge in [-0.3, -0.25) is 0 Å². The van der Waals surface area contributed by atoms with Crippen molar-refractivity contribution in [2.45, 2.75) is 39.0 Å². The Morgan fingerprint density at radius 3 is 2.83 bits per heavy atom. The lowest BCUT2D eigenvalue weighted by Gasteiger charge is -2.39. The quantitative estimate of drug-likeness (QED) is 0.879. The molecule has 1 fully saturated rings. The first-order chi connectivity index (χ1) is 8.49. The summed E-state index contributed by atoms with van der Waals surface area (Å²) < 4.78 is 18.9. The van der Waals surface area contributed by atoms with Crippen LogP contribution in [-0.2, 0) is 4.74 Å². The van der Waals surface area contributed by atoms with Crippen LogP contribution in [0.15, 0.2) is 18.2 Å². The molecule has 0 saturated carbocycles. The molecule has 0 bridgehead atoms. The summed E-state index contributed by atoms with van der Waals surface area (Å²) in [4.78, 5) is 2.18. The van der Waals surface area contributed by atoms with Gasteiger partial charge in [0.1, 0.15) is 5.82 Å². The van der Waals surface area contributed by atoms with Crippen molar-refractivity contribution < 1.29 is 14.2 Å². The van der Waals surface area contributed by atoms with Crippen LogP contribution in [0.2, 0.25) is 0 Å². The van der Waals surface area contributed by atoms with Gasteiger partial charge < -0.3 is 14.7 Å². The molecule has 4 heteroatoms. The highest BCUT2D eigenvalue weighted by Crippen LogP contribution is 2.30. The number of hydrogen-bond donors (Lipinski definition) is 1. The van der Waals surface area contributed by atoms with E-state index in [1.807, 2.05) is 6.92 Å². The van der Waals surface area contributed by atoms with Crippen molar-refractivity contribution in [3.05, 3.63) is 29.6 Å². The molecule has 1 heterocycles. The highest BCUT2D eigenvalue weighted by atomic mass is 19.1. The second kappa shape index (κ2) is 5.24. The fraction of sp³-hybridized carbons (Fsp3) is 0.571. The van der Waals surface area contributed by atoms with Gasteiger partial charge in [-0.2, -0.15) is 0 Å². The van der Waals surface area contributed by atoms with Crippen LogP contribution in [-0.4, -0.2) is 30.4 Å². The molecule has 0 amide bonds. The number of nitrogens with zero attached hydrogens (tertiary/aromatic N) is 1. The molecule has 0 aromatic heterocycles. The molecule has 1 aliphatic rings. The first-order valence-electron chi connectivity index (χ1n) is 6.34. The lowest BCUT2D eigenvalue weighted by Crippen LogP contribution is -2.47. The average Bonchev–Trinajstić information content (AvgIpc) is 2.32. The van der Waals surface area contributed by atoms with Crippen LogP contribution < -0.4 is 4.90 Å². The van der Waals surface area contributed by atoms with Crippen LogP contribution in [0, 0.1) is 5.82 Å². The summed E-state index contributed by atoms with van der Waals surface area (Å²) in [6.45, 7) is 7.16. The Labute approximate surface area is 107 Å². The Morgan fingerprint density at radius 2 is 2.17 bits per heavy atom. The monoisotopic (exact) mass is 253 g/mol. The molecule has 18 heavy (non-hydrogen) atoms. The van der Waals surface area contributed by atoms with Crippen molar-refractivity contribution in [3.63, 3.8) is 0 Å². The van der Waals surface area contributed by atoms with Gasteiger partial charge >= 0.3 is 0 Å². The van der Waals surface area contributed by atoms with E-state index in [9.17, 15) is 9.50 Å². The number of hydrogen-bond acceptors (Lipinski definition) is 3. The van der Waals surface area contributed by atoms with E-state index in [1.54, 1.807) is 13.0 Å². The van der Waals surface area contributed by atoms with Crippen molar-refractivity contribution in [2.75, 3.05) is 18.1 Å². The number of benzene rings is 1. The molecule has 1 aliphatic heterocycles. The smallest absolute Gasteiger partial charge is 0.123 e. The van der Waals surface area contributed by atoms with Crippen molar-refractivity contribution in [1.29, 1.82) is 0 Å². The number of halogens is 1. The summed E-state index contributed by atoms with van der Waals surface area (Å²) in [6.07, 6.45) is -0.533. The minimum atomic E-state index is -0.680.